The Morgan fingerprint density at radius 3 is 2.42 bits per heavy atom. The van der Waals surface area contributed by atoms with E-state index in [-0.39, 0.29) is 53.6 Å². The van der Waals surface area contributed by atoms with Crippen LogP contribution in [0.5, 0.6) is 5.75 Å². The number of nitrogens with zero attached hydrogens (tertiary/aromatic N) is 3. The van der Waals surface area contributed by atoms with Gasteiger partial charge >= 0.3 is 5.69 Å². The van der Waals surface area contributed by atoms with Crippen LogP contribution in [0.15, 0.2) is 39.1 Å². The minimum Gasteiger partial charge on any atom is -0.496 e. The molecule has 0 fully saturated rings. The zero-order chi connectivity index (χ0) is 27.2. The minimum absolute atomic E-state index is 0.0605. The lowest BCUT2D eigenvalue weighted by molar-refractivity contribution is -0.124. The van der Waals surface area contributed by atoms with Crippen LogP contribution < -0.4 is 21.3 Å². The van der Waals surface area contributed by atoms with Crippen molar-refractivity contribution in [3.63, 3.8) is 0 Å². The molecule has 2 aromatic rings. The number of aliphatic hydroxyl groups is 1. The first-order chi connectivity index (χ1) is 16.9. The number of benzene rings is 1. The summed E-state index contributed by atoms with van der Waals surface area (Å²) in [5.41, 5.74) is -1.20. The maximum absolute atomic E-state index is 14.5. The highest BCUT2D eigenvalue weighted by Gasteiger charge is 2.23. The van der Waals surface area contributed by atoms with Gasteiger partial charge in [-0.2, -0.15) is 0 Å². The van der Waals surface area contributed by atoms with Gasteiger partial charge in [-0.25, -0.2) is 9.18 Å². The minimum atomic E-state index is -1.46. The zero-order valence-electron chi connectivity index (χ0n) is 21.7. The summed E-state index contributed by atoms with van der Waals surface area (Å²) in [4.78, 5) is 43.9. The fourth-order valence-corrected chi connectivity index (χ4v) is 3.45. The van der Waals surface area contributed by atoms with Crippen molar-refractivity contribution in [2.75, 3.05) is 7.11 Å². The van der Waals surface area contributed by atoms with E-state index < -0.39 is 29.2 Å². The van der Waals surface area contributed by atoms with E-state index in [1.807, 2.05) is 0 Å². The molecule has 0 aliphatic carbocycles. The second-order valence-electron chi connectivity index (χ2n) is 9.16. The van der Waals surface area contributed by atoms with Gasteiger partial charge in [0.2, 0.25) is 5.91 Å². The number of halogens is 1. The van der Waals surface area contributed by atoms with Crippen molar-refractivity contribution in [3.05, 3.63) is 62.2 Å². The molecule has 0 aliphatic heterocycles. The standard InChI is InChI=1S/C25H35FN4O6/c1-14(2)23(32)27-16(5)11-30-24(33)18(17(6)28-36-15(3)4)12-29(25(30)34)13-20(31)22-19(26)9-8-10-21(22)35-7/h8-10,12,14-16,20,31H,11,13H2,1-7H3,(H,27,32)/b28-17+. The maximum atomic E-state index is 14.5. The molecule has 1 amide bonds. The lowest BCUT2D eigenvalue weighted by Gasteiger charge is -2.20. The fraction of sp³-hybridized carbons (Fsp3) is 0.520. The number of hydrogen-bond acceptors (Lipinski definition) is 7. The highest BCUT2D eigenvalue weighted by molar-refractivity contribution is 5.97. The number of nitrogens with one attached hydrogen (secondary N) is 1. The highest BCUT2D eigenvalue weighted by Crippen LogP contribution is 2.28. The number of aromatic nitrogens is 2. The van der Waals surface area contributed by atoms with Crippen LogP contribution in [0.1, 0.15) is 58.8 Å². The molecular formula is C25H35FN4O6. The number of amides is 1. The molecule has 0 radical (unpaired) electrons. The molecule has 2 rings (SSSR count). The topological polar surface area (TPSA) is 124 Å². The second kappa shape index (κ2) is 12.5. The van der Waals surface area contributed by atoms with E-state index in [9.17, 15) is 23.9 Å². The van der Waals surface area contributed by atoms with Gasteiger partial charge in [0.15, 0.2) is 0 Å². The average molecular weight is 507 g/mol. The van der Waals surface area contributed by atoms with Crippen molar-refractivity contribution < 1.29 is 23.9 Å². The Hall–Kier alpha value is -3.47. The molecule has 10 nitrogen and oxygen atoms in total. The largest absolute Gasteiger partial charge is 0.496 e. The predicted molar refractivity (Wildman–Crippen MR) is 134 cm³/mol. The van der Waals surface area contributed by atoms with E-state index in [1.54, 1.807) is 41.5 Å². The SMILES string of the molecule is COc1cccc(F)c1C(O)Cn1cc(/C(C)=N/OC(C)C)c(=O)n(CC(C)NC(=O)C(C)C)c1=O. The molecule has 0 bridgehead atoms. The first kappa shape index (κ1) is 28.8. The molecule has 1 aromatic carbocycles. The van der Waals surface area contributed by atoms with Crippen LogP contribution in [0.25, 0.3) is 0 Å². The summed E-state index contributed by atoms with van der Waals surface area (Å²) in [6, 6.07) is 3.57. The van der Waals surface area contributed by atoms with E-state index >= 15 is 0 Å². The van der Waals surface area contributed by atoms with E-state index in [1.165, 1.54) is 31.5 Å². The number of rotatable bonds is 11. The van der Waals surface area contributed by atoms with Gasteiger partial charge in [0, 0.05) is 18.2 Å². The van der Waals surface area contributed by atoms with Gasteiger partial charge in [-0.15, -0.1) is 0 Å². The van der Waals surface area contributed by atoms with Crippen molar-refractivity contribution in [2.24, 2.45) is 11.1 Å². The van der Waals surface area contributed by atoms with Crippen molar-refractivity contribution in [2.45, 2.75) is 72.9 Å². The van der Waals surface area contributed by atoms with Gasteiger partial charge in [-0.3, -0.25) is 18.7 Å². The number of carbonyl (C=O) groups is 1. The average Bonchev–Trinajstić information content (AvgIpc) is 2.81. The van der Waals surface area contributed by atoms with Gasteiger partial charge < -0.3 is 20.0 Å². The first-order valence-corrected chi connectivity index (χ1v) is 11.7. The van der Waals surface area contributed by atoms with Crippen molar-refractivity contribution in [1.29, 1.82) is 0 Å². The van der Waals surface area contributed by atoms with Crippen LogP contribution in [0.3, 0.4) is 0 Å². The molecule has 0 saturated heterocycles. The lowest BCUT2D eigenvalue weighted by Crippen LogP contribution is -2.48. The number of ether oxygens (including phenoxy) is 1. The van der Waals surface area contributed by atoms with Crippen LogP contribution in [0, 0.1) is 11.7 Å². The Labute approximate surface area is 209 Å². The van der Waals surface area contributed by atoms with Gasteiger partial charge in [0.05, 0.1) is 37.0 Å². The predicted octanol–water partition coefficient (Wildman–Crippen LogP) is 2.20. The molecule has 36 heavy (non-hydrogen) atoms. The van der Waals surface area contributed by atoms with Crippen LogP contribution in [0.4, 0.5) is 4.39 Å². The van der Waals surface area contributed by atoms with Gasteiger partial charge in [-0.05, 0) is 39.8 Å². The van der Waals surface area contributed by atoms with Gasteiger partial charge in [-0.1, -0.05) is 25.1 Å². The van der Waals surface area contributed by atoms with Crippen LogP contribution in [-0.2, 0) is 22.7 Å². The Morgan fingerprint density at radius 2 is 1.83 bits per heavy atom. The molecule has 0 saturated carbocycles. The number of aliphatic hydroxyl groups excluding tert-OH is 1. The van der Waals surface area contributed by atoms with Crippen LogP contribution in [-0.4, -0.2) is 45.1 Å². The number of oxime groups is 1. The van der Waals surface area contributed by atoms with E-state index in [0.717, 1.165) is 9.13 Å². The molecule has 2 atom stereocenters. The Kier molecular flexibility index (Phi) is 9.97. The Balaban J connectivity index is 2.58. The molecule has 1 heterocycles. The van der Waals surface area contributed by atoms with Crippen molar-refractivity contribution in [3.8, 4) is 5.75 Å². The third-order valence-electron chi connectivity index (χ3n) is 5.33. The summed E-state index contributed by atoms with van der Waals surface area (Å²) in [6.45, 7) is 9.74. The summed E-state index contributed by atoms with van der Waals surface area (Å²) in [7, 11) is 1.34. The third kappa shape index (κ3) is 7.03. The summed E-state index contributed by atoms with van der Waals surface area (Å²) >= 11 is 0. The first-order valence-electron chi connectivity index (χ1n) is 11.7. The smallest absolute Gasteiger partial charge is 0.331 e. The van der Waals surface area contributed by atoms with E-state index in [0.29, 0.717) is 0 Å². The second-order valence-corrected chi connectivity index (χ2v) is 9.16. The van der Waals surface area contributed by atoms with Crippen molar-refractivity contribution in [1.82, 2.24) is 14.5 Å². The fourth-order valence-electron chi connectivity index (χ4n) is 3.45. The quantitative estimate of drug-likeness (QED) is 0.356. The Morgan fingerprint density at radius 1 is 1.17 bits per heavy atom. The Bertz CT molecular complexity index is 1220. The van der Waals surface area contributed by atoms with E-state index in [2.05, 4.69) is 10.5 Å². The molecule has 0 spiro atoms. The summed E-state index contributed by atoms with van der Waals surface area (Å²) in [5.74, 6) is -1.08. The van der Waals surface area contributed by atoms with Crippen LogP contribution >= 0.6 is 0 Å². The van der Waals surface area contributed by atoms with Crippen LogP contribution in [0.2, 0.25) is 0 Å². The molecule has 0 aliphatic rings. The number of hydrogen-bond donors (Lipinski definition) is 2. The molecule has 11 heteroatoms. The molecular weight excluding hydrogens is 471 g/mol. The summed E-state index contributed by atoms with van der Waals surface area (Å²) in [5, 5.41) is 17.6. The summed E-state index contributed by atoms with van der Waals surface area (Å²) < 4.78 is 21.8. The highest BCUT2D eigenvalue weighted by atomic mass is 19.1. The van der Waals surface area contributed by atoms with Gasteiger partial charge in [0.25, 0.3) is 5.56 Å². The maximum Gasteiger partial charge on any atom is 0.331 e. The van der Waals surface area contributed by atoms with E-state index in [4.69, 9.17) is 9.57 Å². The lowest BCUT2D eigenvalue weighted by atomic mass is 10.1. The monoisotopic (exact) mass is 506 g/mol. The molecule has 2 N–H and O–H groups in total. The van der Waals surface area contributed by atoms with Gasteiger partial charge in [0.1, 0.15) is 23.8 Å². The summed E-state index contributed by atoms with van der Waals surface area (Å²) in [6.07, 6.45) is -0.438. The zero-order valence-corrected chi connectivity index (χ0v) is 21.7. The molecule has 2 unspecified atom stereocenters. The molecule has 1 aromatic heterocycles. The number of methoxy groups -OCH3 is 1. The molecule has 198 valence electrons. The normalized spacial score (nSPS) is 13.6. The van der Waals surface area contributed by atoms with Crippen molar-refractivity contribution >= 4 is 11.6 Å². The third-order valence-corrected chi connectivity index (χ3v) is 5.33. The number of carbonyl (C=O) groups excluding carboxylic acids is 1.